The number of allylic oxidation sites excluding steroid dienone is 2. The summed E-state index contributed by atoms with van der Waals surface area (Å²) in [5.41, 5.74) is 5.38. The molecule has 4 nitrogen and oxygen atoms in total. The van der Waals surface area contributed by atoms with E-state index in [4.69, 9.17) is 5.73 Å². The van der Waals surface area contributed by atoms with E-state index < -0.39 is 24.2 Å². The van der Waals surface area contributed by atoms with Gasteiger partial charge in [-0.1, -0.05) is 83.3 Å². The molecule has 0 fully saturated rings. The summed E-state index contributed by atoms with van der Waals surface area (Å²) in [4.78, 5) is 11.3. The van der Waals surface area contributed by atoms with Crippen LogP contribution in [-0.4, -0.2) is 35.9 Å². The van der Waals surface area contributed by atoms with Crippen molar-refractivity contribution in [2.45, 2.75) is 134 Å². The summed E-state index contributed by atoms with van der Waals surface area (Å²) < 4.78 is 40.0. The molecule has 0 aromatic carbocycles. The van der Waals surface area contributed by atoms with Gasteiger partial charge in [-0.15, -0.1) is 0 Å². The zero-order chi connectivity index (χ0) is 24.1. The topological polar surface area (TPSA) is 75.3 Å². The highest BCUT2D eigenvalue weighted by atomic mass is 19.4. The smallest absolute Gasteiger partial charge is 0.403 e. The molecule has 7 heteroatoms. The van der Waals surface area contributed by atoms with Gasteiger partial charge in [0.1, 0.15) is 12.1 Å². The van der Waals surface area contributed by atoms with E-state index >= 15 is 0 Å². The van der Waals surface area contributed by atoms with Crippen LogP contribution in [0.15, 0.2) is 12.2 Å². The SMILES string of the molecule is CCCCCC/C=C/CCCCCCCCCC(NC(CCCCN)C(=O)O)C(F)(F)F. The average Bonchev–Trinajstić information content (AvgIpc) is 2.73. The van der Waals surface area contributed by atoms with Crippen LogP contribution in [0.3, 0.4) is 0 Å². The molecule has 0 amide bonds. The van der Waals surface area contributed by atoms with Crippen LogP contribution in [0, 0.1) is 0 Å². The van der Waals surface area contributed by atoms with Gasteiger partial charge in [-0.3, -0.25) is 10.1 Å². The van der Waals surface area contributed by atoms with Crippen molar-refractivity contribution in [2.24, 2.45) is 5.73 Å². The summed E-state index contributed by atoms with van der Waals surface area (Å²) >= 11 is 0. The lowest BCUT2D eigenvalue weighted by atomic mass is 10.0. The van der Waals surface area contributed by atoms with E-state index in [1.807, 2.05) is 0 Å². The van der Waals surface area contributed by atoms with Crippen molar-refractivity contribution in [1.82, 2.24) is 5.32 Å². The quantitative estimate of drug-likeness (QED) is 0.118. The second-order valence-electron chi connectivity index (χ2n) is 8.81. The van der Waals surface area contributed by atoms with Crippen molar-refractivity contribution in [3.8, 4) is 0 Å². The number of alkyl halides is 3. The monoisotopic (exact) mass is 464 g/mol. The van der Waals surface area contributed by atoms with Crippen molar-refractivity contribution in [2.75, 3.05) is 6.54 Å². The van der Waals surface area contributed by atoms with E-state index in [0.29, 0.717) is 25.8 Å². The lowest BCUT2D eigenvalue weighted by Gasteiger charge is -2.25. The number of nitrogens with two attached hydrogens (primary N) is 1. The molecule has 190 valence electrons. The van der Waals surface area contributed by atoms with Crippen LogP contribution in [0.4, 0.5) is 13.2 Å². The summed E-state index contributed by atoms with van der Waals surface area (Å²) in [5.74, 6) is -1.23. The van der Waals surface area contributed by atoms with E-state index in [9.17, 15) is 23.1 Å². The fraction of sp³-hybridized carbons (Fsp3) is 0.880. The molecule has 0 saturated heterocycles. The Balaban J connectivity index is 3.91. The minimum absolute atomic E-state index is 0.0762. The van der Waals surface area contributed by atoms with Crippen LogP contribution in [0.25, 0.3) is 0 Å². The second-order valence-corrected chi connectivity index (χ2v) is 8.81. The Kier molecular flexibility index (Phi) is 19.8. The Bertz CT molecular complexity index is 471. The highest BCUT2D eigenvalue weighted by Crippen LogP contribution is 2.25. The molecule has 4 N–H and O–H groups in total. The highest BCUT2D eigenvalue weighted by molar-refractivity contribution is 5.73. The van der Waals surface area contributed by atoms with Crippen LogP contribution >= 0.6 is 0 Å². The number of rotatable bonds is 22. The molecule has 2 atom stereocenters. The number of carboxylic acid groups (broad SMARTS) is 1. The Labute approximate surface area is 193 Å². The first kappa shape index (κ1) is 30.9. The predicted octanol–water partition coefficient (Wildman–Crippen LogP) is 7.13. The van der Waals surface area contributed by atoms with E-state index in [1.54, 1.807) is 0 Å². The molecule has 0 aliphatic rings. The molecule has 0 heterocycles. The minimum atomic E-state index is -4.44. The van der Waals surface area contributed by atoms with Gasteiger partial charge in [-0.2, -0.15) is 13.2 Å². The fourth-order valence-electron chi connectivity index (χ4n) is 3.77. The van der Waals surface area contributed by atoms with Gasteiger partial charge in [0.15, 0.2) is 0 Å². The van der Waals surface area contributed by atoms with E-state index in [2.05, 4.69) is 24.4 Å². The molecule has 0 bridgehead atoms. The molecule has 32 heavy (non-hydrogen) atoms. The Morgan fingerprint density at radius 1 is 0.844 bits per heavy atom. The Hall–Kier alpha value is -1.08. The van der Waals surface area contributed by atoms with E-state index in [0.717, 1.165) is 38.5 Å². The maximum Gasteiger partial charge on any atom is 0.403 e. The Morgan fingerprint density at radius 2 is 1.34 bits per heavy atom. The summed E-state index contributed by atoms with van der Waals surface area (Å²) in [6.45, 7) is 2.63. The fourth-order valence-corrected chi connectivity index (χ4v) is 3.77. The number of hydrogen-bond acceptors (Lipinski definition) is 3. The molecule has 0 aromatic rings. The van der Waals surface area contributed by atoms with Crippen LogP contribution < -0.4 is 11.1 Å². The van der Waals surface area contributed by atoms with Crippen LogP contribution in [0.5, 0.6) is 0 Å². The zero-order valence-electron chi connectivity index (χ0n) is 20.1. The average molecular weight is 465 g/mol. The number of hydrogen-bond donors (Lipinski definition) is 3. The number of nitrogens with one attached hydrogen (secondary N) is 1. The van der Waals surface area contributed by atoms with Gasteiger partial charge < -0.3 is 10.8 Å². The maximum atomic E-state index is 13.3. The van der Waals surface area contributed by atoms with Crippen LogP contribution in [0.1, 0.15) is 116 Å². The van der Waals surface area contributed by atoms with Crippen LogP contribution in [-0.2, 0) is 4.79 Å². The number of carboxylic acids is 1. The van der Waals surface area contributed by atoms with Gasteiger partial charge in [-0.25, -0.2) is 0 Å². The first-order valence-electron chi connectivity index (χ1n) is 12.7. The lowest BCUT2D eigenvalue weighted by Crippen LogP contribution is -2.50. The number of halogens is 3. The first-order chi connectivity index (χ1) is 15.3. The van der Waals surface area contributed by atoms with Gasteiger partial charge in [-0.05, 0) is 51.5 Å². The van der Waals surface area contributed by atoms with Crippen molar-refractivity contribution >= 4 is 5.97 Å². The molecule has 0 aliphatic heterocycles. The lowest BCUT2D eigenvalue weighted by molar-refractivity contribution is -0.163. The van der Waals surface area contributed by atoms with E-state index in [1.165, 1.54) is 38.5 Å². The molecule has 0 rings (SSSR count). The maximum absolute atomic E-state index is 13.3. The van der Waals surface area contributed by atoms with Crippen molar-refractivity contribution in [3.63, 3.8) is 0 Å². The third-order valence-corrected chi connectivity index (χ3v) is 5.80. The summed E-state index contributed by atoms with van der Waals surface area (Å²) in [7, 11) is 0. The third-order valence-electron chi connectivity index (χ3n) is 5.80. The zero-order valence-corrected chi connectivity index (χ0v) is 20.1. The van der Waals surface area contributed by atoms with Gasteiger partial charge in [0.25, 0.3) is 0 Å². The second kappa shape index (κ2) is 20.5. The van der Waals surface area contributed by atoms with Gasteiger partial charge in [0.05, 0.1) is 0 Å². The largest absolute Gasteiger partial charge is 0.480 e. The molecule has 0 aromatic heterocycles. The number of carbonyl (C=O) groups is 1. The molecule has 0 aliphatic carbocycles. The predicted molar refractivity (Wildman–Crippen MR) is 127 cm³/mol. The highest BCUT2D eigenvalue weighted by Gasteiger charge is 2.41. The normalized spacial score (nSPS) is 14.2. The number of aliphatic carboxylic acids is 1. The summed E-state index contributed by atoms with van der Waals surface area (Å²) in [6, 6.07) is -2.95. The standard InChI is InChI=1S/C25H47F3N2O2/c1-2-3-4-5-6-7-8-9-10-11-12-13-14-15-16-20-23(25(26,27)28)30-22(24(31)32)19-17-18-21-29/h7-8,22-23,30H,2-6,9-21,29H2,1H3,(H,31,32)/b8-7+. The van der Waals surface area contributed by atoms with E-state index in [-0.39, 0.29) is 12.8 Å². The number of unbranched alkanes of at least 4 members (excludes halogenated alkanes) is 12. The van der Waals surface area contributed by atoms with Crippen molar-refractivity contribution < 1.29 is 23.1 Å². The molecular weight excluding hydrogens is 417 g/mol. The molecular formula is C25H47F3N2O2. The Morgan fingerprint density at radius 3 is 1.84 bits per heavy atom. The molecule has 2 unspecified atom stereocenters. The van der Waals surface area contributed by atoms with Crippen molar-refractivity contribution in [3.05, 3.63) is 12.2 Å². The molecule has 0 spiro atoms. The van der Waals surface area contributed by atoms with Crippen molar-refractivity contribution in [1.29, 1.82) is 0 Å². The van der Waals surface area contributed by atoms with Gasteiger partial charge in [0.2, 0.25) is 0 Å². The van der Waals surface area contributed by atoms with Gasteiger partial charge >= 0.3 is 12.1 Å². The summed E-state index contributed by atoms with van der Waals surface area (Å²) in [6.07, 6.45) is 15.4. The molecule has 0 saturated carbocycles. The van der Waals surface area contributed by atoms with Crippen LogP contribution in [0.2, 0.25) is 0 Å². The minimum Gasteiger partial charge on any atom is -0.480 e. The summed E-state index contributed by atoms with van der Waals surface area (Å²) in [5, 5.41) is 11.6. The molecule has 0 radical (unpaired) electrons. The first-order valence-corrected chi connectivity index (χ1v) is 12.7. The van der Waals surface area contributed by atoms with Gasteiger partial charge in [0, 0.05) is 0 Å². The third kappa shape index (κ3) is 18.5.